The molecule has 1 unspecified atom stereocenters. The van der Waals surface area contributed by atoms with Crippen LogP contribution in [-0.2, 0) is 16.0 Å². The van der Waals surface area contributed by atoms with E-state index in [9.17, 15) is 4.79 Å². The van der Waals surface area contributed by atoms with Crippen molar-refractivity contribution in [3.63, 3.8) is 0 Å². The van der Waals surface area contributed by atoms with Gasteiger partial charge in [0, 0.05) is 25.1 Å². The summed E-state index contributed by atoms with van der Waals surface area (Å²) in [5, 5.41) is 2.93. The summed E-state index contributed by atoms with van der Waals surface area (Å²) in [5.74, 6) is 1.47. The lowest BCUT2D eigenvalue weighted by Crippen LogP contribution is -2.29. The van der Waals surface area contributed by atoms with Gasteiger partial charge in [-0.2, -0.15) is 0 Å². The van der Waals surface area contributed by atoms with Gasteiger partial charge in [0.25, 0.3) is 0 Å². The summed E-state index contributed by atoms with van der Waals surface area (Å²) in [6.45, 7) is 3.24. The van der Waals surface area contributed by atoms with Crippen LogP contribution in [0.1, 0.15) is 30.7 Å². The first-order valence-electron chi connectivity index (χ1n) is 8.12. The van der Waals surface area contributed by atoms with Crippen LogP contribution >= 0.6 is 0 Å². The zero-order valence-corrected chi connectivity index (χ0v) is 13.4. The lowest BCUT2D eigenvalue weighted by molar-refractivity contribution is -0.123. The second-order valence-electron chi connectivity index (χ2n) is 5.83. The lowest BCUT2D eigenvalue weighted by Gasteiger charge is -2.09. The lowest BCUT2D eigenvalue weighted by atomic mass is 10.2. The highest BCUT2D eigenvalue weighted by atomic mass is 16.5. The number of nitrogens with one attached hydrogen (secondary N) is 1. The molecule has 0 spiro atoms. The van der Waals surface area contributed by atoms with Crippen molar-refractivity contribution in [2.24, 2.45) is 0 Å². The number of carbonyl (C=O) groups is 1. The molecule has 1 atom stereocenters. The van der Waals surface area contributed by atoms with E-state index >= 15 is 0 Å². The van der Waals surface area contributed by atoms with Crippen LogP contribution in [0.5, 0.6) is 0 Å². The molecule has 1 aliphatic rings. The van der Waals surface area contributed by atoms with Crippen molar-refractivity contribution < 1.29 is 13.9 Å². The molecule has 23 heavy (non-hydrogen) atoms. The highest BCUT2D eigenvalue weighted by Gasteiger charge is 2.19. The third-order valence-electron chi connectivity index (χ3n) is 4.03. The topological polar surface area (TPSA) is 64.4 Å². The molecular formula is C18H22N2O3. The summed E-state index contributed by atoms with van der Waals surface area (Å²) in [4.78, 5) is 16.4. The van der Waals surface area contributed by atoms with E-state index in [1.54, 1.807) is 0 Å². The molecule has 122 valence electrons. The summed E-state index contributed by atoms with van der Waals surface area (Å²) in [6, 6.07) is 9.82. The predicted molar refractivity (Wildman–Crippen MR) is 87.0 cm³/mol. The number of aromatic nitrogens is 1. The first-order chi connectivity index (χ1) is 11.2. The molecule has 1 fully saturated rings. The molecular weight excluding hydrogens is 292 g/mol. The van der Waals surface area contributed by atoms with Crippen LogP contribution in [0, 0.1) is 6.92 Å². The predicted octanol–water partition coefficient (Wildman–Crippen LogP) is 2.88. The summed E-state index contributed by atoms with van der Waals surface area (Å²) >= 11 is 0. The van der Waals surface area contributed by atoms with Crippen LogP contribution in [0.2, 0.25) is 0 Å². The van der Waals surface area contributed by atoms with Crippen LogP contribution in [0.3, 0.4) is 0 Å². The highest BCUT2D eigenvalue weighted by Crippen LogP contribution is 2.21. The minimum Gasteiger partial charge on any atom is -0.441 e. The third-order valence-corrected chi connectivity index (χ3v) is 4.03. The van der Waals surface area contributed by atoms with Gasteiger partial charge in [0.2, 0.25) is 11.8 Å². The number of rotatable bonds is 6. The van der Waals surface area contributed by atoms with Crippen LogP contribution in [0.25, 0.3) is 11.5 Å². The molecule has 1 amide bonds. The minimum absolute atomic E-state index is 0.0429. The van der Waals surface area contributed by atoms with E-state index in [4.69, 9.17) is 9.15 Å². The first kappa shape index (κ1) is 15.7. The van der Waals surface area contributed by atoms with E-state index in [1.165, 1.54) is 0 Å². The van der Waals surface area contributed by atoms with Gasteiger partial charge < -0.3 is 14.5 Å². The maximum atomic E-state index is 11.9. The molecule has 0 saturated carbocycles. The average Bonchev–Trinajstić information content (AvgIpc) is 3.18. The molecule has 1 N–H and O–H groups in total. The highest BCUT2D eigenvalue weighted by molar-refractivity contribution is 5.76. The molecule has 5 heteroatoms. The van der Waals surface area contributed by atoms with Crippen molar-refractivity contribution in [2.45, 2.75) is 38.7 Å². The molecule has 0 bridgehead atoms. The molecule has 2 aromatic rings. The third kappa shape index (κ3) is 4.20. The smallest absolute Gasteiger partial charge is 0.226 e. The van der Waals surface area contributed by atoms with Gasteiger partial charge in [0.15, 0.2) is 0 Å². The fraction of sp³-hybridized carbons (Fsp3) is 0.444. The molecule has 3 rings (SSSR count). The van der Waals surface area contributed by atoms with E-state index in [-0.39, 0.29) is 12.0 Å². The normalized spacial score (nSPS) is 17.3. The maximum Gasteiger partial charge on any atom is 0.226 e. The molecule has 5 nitrogen and oxygen atoms in total. The number of ether oxygens (including phenoxy) is 1. The van der Waals surface area contributed by atoms with Crippen molar-refractivity contribution in [3.8, 4) is 11.5 Å². The second-order valence-corrected chi connectivity index (χ2v) is 5.83. The van der Waals surface area contributed by atoms with E-state index in [1.807, 2.05) is 37.3 Å². The second kappa shape index (κ2) is 7.42. The standard InChI is InChI=1S/C18H22N2O3/c1-13-16(20-18(23-13)14-6-3-2-4-7-14)9-10-19-17(21)12-15-8-5-11-22-15/h2-4,6-7,15H,5,8-12H2,1H3,(H,19,21). The van der Waals surface area contributed by atoms with Gasteiger partial charge in [-0.25, -0.2) is 4.98 Å². The van der Waals surface area contributed by atoms with Crippen LogP contribution in [0.15, 0.2) is 34.7 Å². The number of amides is 1. The fourth-order valence-corrected chi connectivity index (χ4v) is 2.77. The largest absolute Gasteiger partial charge is 0.441 e. The molecule has 1 aliphatic heterocycles. The Morgan fingerprint density at radius 3 is 2.91 bits per heavy atom. The van der Waals surface area contributed by atoms with Gasteiger partial charge in [0.1, 0.15) is 5.76 Å². The number of hydrogen-bond acceptors (Lipinski definition) is 4. The quantitative estimate of drug-likeness (QED) is 0.890. The number of benzene rings is 1. The Morgan fingerprint density at radius 2 is 2.17 bits per heavy atom. The maximum absolute atomic E-state index is 11.9. The summed E-state index contributed by atoms with van der Waals surface area (Å²) in [6.07, 6.45) is 3.25. The number of hydrogen-bond donors (Lipinski definition) is 1. The Bertz CT molecular complexity index is 646. The SMILES string of the molecule is Cc1oc(-c2ccccc2)nc1CCNC(=O)CC1CCCO1. The van der Waals surface area contributed by atoms with Gasteiger partial charge in [-0.15, -0.1) is 0 Å². The number of aryl methyl sites for hydroxylation is 1. The first-order valence-corrected chi connectivity index (χ1v) is 8.12. The van der Waals surface area contributed by atoms with E-state index < -0.39 is 0 Å². The van der Waals surface area contributed by atoms with Crippen molar-refractivity contribution in [1.82, 2.24) is 10.3 Å². The molecule has 1 aromatic carbocycles. The van der Waals surface area contributed by atoms with Crippen molar-refractivity contribution in [1.29, 1.82) is 0 Å². The van der Waals surface area contributed by atoms with Crippen molar-refractivity contribution >= 4 is 5.91 Å². The Hall–Kier alpha value is -2.14. The summed E-state index contributed by atoms with van der Waals surface area (Å²) in [7, 11) is 0. The zero-order valence-electron chi connectivity index (χ0n) is 13.4. The van der Waals surface area contributed by atoms with Crippen molar-refractivity contribution in [3.05, 3.63) is 41.8 Å². The van der Waals surface area contributed by atoms with E-state index in [0.29, 0.717) is 25.3 Å². The van der Waals surface area contributed by atoms with Crippen molar-refractivity contribution in [2.75, 3.05) is 13.2 Å². The Kier molecular flexibility index (Phi) is 5.08. The molecule has 0 radical (unpaired) electrons. The molecule has 0 aliphatic carbocycles. The van der Waals surface area contributed by atoms with Gasteiger partial charge in [-0.1, -0.05) is 18.2 Å². The Morgan fingerprint density at radius 1 is 1.35 bits per heavy atom. The summed E-state index contributed by atoms with van der Waals surface area (Å²) < 4.78 is 11.2. The minimum atomic E-state index is 0.0429. The van der Waals surface area contributed by atoms with E-state index in [2.05, 4.69) is 10.3 Å². The van der Waals surface area contributed by atoms with E-state index in [0.717, 1.165) is 36.5 Å². The van der Waals surface area contributed by atoms with Gasteiger partial charge in [-0.3, -0.25) is 4.79 Å². The Labute approximate surface area is 136 Å². The number of carbonyl (C=O) groups excluding carboxylic acids is 1. The van der Waals surface area contributed by atoms with Crippen LogP contribution in [-0.4, -0.2) is 30.1 Å². The fourth-order valence-electron chi connectivity index (χ4n) is 2.77. The average molecular weight is 314 g/mol. The number of oxazole rings is 1. The van der Waals surface area contributed by atoms with Gasteiger partial charge in [-0.05, 0) is 31.9 Å². The molecule has 2 heterocycles. The van der Waals surface area contributed by atoms with Gasteiger partial charge in [0.05, 0.1) is 18.2 Å². The van der Waals surface area contributed by atoms with Crippen LogP contribution < -0.4 is 5.32 Å². The molecule has 1 saturated heterocycles. The van der Waals surface area contributed by atoms with Crippen LogP contribution in [0.4, 0.5) is 0 Å². The molecule has 1 aromatic heterocycles. The van der Waals surface area contributed by atoms with Gasteiger partial charge >= 0.3 is 0 Å². The summed E-state index contributed by atoms with van der Waals surface area (Å²) in [5.41, 5.74) is 1.85. The number of nitrogens with zero attached hydrogens (tertiary/aromatic N) is 1. The Balaban J connectivity index is 1.50. The monoisotopic (exact) mass is 314 g/mol. The zero-order chi connectivity index (χ0) is 16.1.